The first-order chi connectivity index (χ1) is 12.0. The summed E-state index contributed by atoms with van der Waals surface area (Å²) in [6.07, 6.45) is -1.11. The zero-order valence-electron chi connectivity index (χ0n) is 12.8. The number of aromatic nitrogens is 1. The third-order valence-corrected chi connectivity index (χ3v) is 3.55. The van der Waals surface area contributed by atoms with E-state index in [2.05, 4.69) is 4.98 Å². The first-order valence-corrected chi connectivity index (χ1v) is 7.24. The van der Waals surface area contributed by atoms with E-state index in [1.54, 1.807) is 18.2 Å². The molecule has 0 radical (unpaired) electrons. The van der Waals surface area contributed by atoms with Gasteiger partial charge in [0, 0.05) is 11.1 Å². The average molecular weight is 347 g/mol. The van der Waals surface area contributed by atoms with Crippen molar-refractivity contribution < 1.29 is 27.1 Å². The van der Waals surface area contributed by atoms with Crippen LogP contribution in [0.25, 0.3) is 11.1 Å². The highest BCUT2D eigenvalue weighted by Gasteiger charge is 2.30. The van der Waals surface area contributed by atoms with Crippen LogP contribution in [0.2, 0.25) is 0 Å². The molecule has 0 N–H and O–H groups in total. The van der Waals surface area contributed by atoms with Crippen molar-refractivity contribution in [3.05, 3.63) is 71.9 Å². The number of carbonyl (C=O) groups is 1. The van der Waals surface area contributed by atoms with Crippen molar-refractivity contribution in [2.75, 3.05) is 0 Å². The van der Waals surface area contributed by atoms with Gasteiger partial charge in [-0.3, -0.25) is 4.79 Å². The summed E-state index contributed by atoms with van der Waals surface area (Å²) in [6.45, 7) is 0.104. The lowest BCUT2D eigenvalue weighted by Gasteiger charge is -2.14. The fourth-order valence-corrected chi connectivity index (χ4v) is 2.36. The second-order valence-corrected chi connectivity index (χ2v) is 5.18. The normalized spacial score (nSPS) is 11.3. The molecule has 1 heterocycles. The molecule has 3 aromatic rings. The number of hydrogen-bond acceptors (Lipinski definition) is 4. The van der Waals surface area contributed by atoms with Crippen LogP contribution in [0.4, 0.5) is 13.2 Å². The molecule has 25 heavy (non-hydrogen) atoms. The molecular formula is C18H12F3NO3. The number of alkyl halides is 3. The van der Waals surface area contributed by atoms with Crippen LogP contribution < -0.4 is 4.74 Å². The molecule has 0 bridgehead atoms. The molecule has 0 amide bonds. The van der Waals surface area contributed by atoms with Gasteiger partial charge >= 0.3 is 6.18 Å². The third kappa shape index (κ3) is 3.71. The molecule has 0 saturated heterocycles. The summed E-state index contributed by atoms with van der Waals surface area (Å²) in [6, 6.07) is 9.41. The fourth-order valence-electron chi connectivity index (χ4n) is 2.36. The minimum absolute atomic E-state index is 0.104. The highest BCUT2D eigenvalue weighted by atomic mass is 19.4. The number of benzene rings is 2. The van der Waals surface area contributed by atoms with Crippen LogP contribution >= 0.6 is 0 Å². The molecule has 0 saturated carbocycles. The fraction of sp³-hybridized carbons (Fsp3) is 0.111. The van der Waals surface area contributed by atoms with Crippen LogP contribution in [-0.4, -0.2) is 11.3 Å². The Labute approximate surface area is 140 Å². The zero-order chi connectivity index (χ0) is 17.9. The second-order valence-electron chi connectivity index (χ2n) is 5.18. The Bertz CT molecular complexity index is 856. The highest BCUT2D eigenvalue weighted by Crippen LogP contribution is 2.36. The number of halogens is 3. The van der Waals surface area contributed by atoms with Gasteiger partial charge in [0.1, 0.15) is 24.3 Å². The maximum Gasteiger partial charge on any atom is 0.416 e. The van der Waals surface area contributed by atoms with Gasteiger partial charge in [0.05, 0.1) is 5.56 Å². The highest BCUT2D eigenvalue weighted by molar-refractivity contribution is 5.90. The molecule has 1 aromatic heterocycles. The molecule has 0 aliphatic rings. The van der Waals surface area contributed by atoms with Crippen molar-refractivity contribution in [1.82, 2.24) is 4.98 Å². The SMILES string of the molecule is O=Cc1cccc(OCc2cocn2)c1-c1ccc(C(F)(F)F)cc1. The van der Waals surface area contributed by atoms with Gasteiger partial charge in [-0.1, -0.05) is 24.3 Å². The monoisotopic (exact) mass is 347 g/mol. The van der Waals surface area contributed by atoms with Crippen LogP contribution in [0, 0.1) is 0 Å². The van der Waals surface area contributed by atoms with Gasteiger partial charge in [0.25, 0.3) is 0 Å². The van der Waals surface area contributed by atoms with E-state index in [1.807, 2.05) is 0 Å². The van der Waals surface area contributed by atoms with E-state index in [0.29, 0.717) is 34.4 Å². The number of carbonyl (C=O) groups excluding carboxylic acids is 1. The predicted octanol–water partition coefficient (Wildman–Crippen LogP) is 4.75. The summed E-state index contributed by atoms with van der Waals surface area (Å²) in [7, 11) is 0. The van der Waals surface area contributed by atoms with Crippen LogP contribution in [0.15, 0.2) is 59.5 Å². The summed E-state index contributed by atoms with van der Waals surface area (Å²) >= 11 is 0. The molecule has 0 aliphatic carbocycles. The van der Waals surface area contributed by atoms with Crippen molar-refractivity contribution in [1.29, 1.82) is 0 Å². The molecule has 0 atom stereocenters. The molecule has 0 unspecified atom stereocenters. The van der Waals surface area contributed by atoms with Crippen LogP contribution in [0.1, 0.15) is 21.6 Å². The van der Waals surface area contributed by atoms with Crippen molar-refractivity contribution in [3.8, 4) is 16.9 Å². The maximum absolute atomic E-state index is 12.7. The summed E-state index contributed by atoms with van der Waals surface area (Å²) in [5.41, 5.74) is 0.984. The van der Waals surface area contributed by atoms with Crippen molar-refractivity contribution in [3.63, 3.8) is 0 Å². The number of hydrogen-bond donors (Lipinski definition) is 0. The van der Waals surface area contributed by atoms with E-state index in [9.17, 15) is 18.0 Å². The Hall–Kier alpha value is -3.09. The molecule has 4 nitrogen and oxygen atoms in total. The summed E-state index contributed by atoms with van der Waals surface area (Å²) in [5.74, 6) is 0.368. The van der Waals surface area contributed by atoms with Crippen LogP contribution in [0.5, 0.6) is 5.75 Å². The Kier molecular flexibility index (Phi) is 4.56. The Morgan fingerprint density at radius 2 is 1.88 bits per heavy atom. The number of ether oxygens (including phenoxy) is 1. The first-order valence-electron chi connectivity index (χ1n) is 7.24. The summed E-state index contributed by atoms with van der Waals surface area (Å²) < 4.78 is 48.7. The standard InChI is InChI=1S/C18H12F3NO3/c19-18(20,21)14-6-4-12(5-7-14)17-13(8-23)2-1-3-16(17)25-10-15-9-24-11-22-15/h1-9,11H,10H2. The van der Waals surface area contributed by atoms with Gasteiger partial charge in [-0.2, -0.15) is 13.2 Å². The van der Waals surface area contributed by atoms with Gasteiger partial charge in [-0.15, -0.1) is 0 Å². The average Bonchev–Trinajstić information content (AvgIpc) is 3.12. The van der Waals surface area contributed by atoms with Gasteiger partial charge < -0.3 is 9.15 Å². The van der Waals surface area contributed by atoms with Gasteiger partial charge in [0.2, 0.25) is 0 Å². The van der Waals surface area contributed by atoms with E-state index in [4.69, 9.17) is 9.15 Å². The summed E-state index contributed by atoms with van der Waals surface area (Å²) in [4.78, 5) is 15.3. The lowest BCUT2D eigenvalue weighted by atomic mass is 9.98. The maximum atomic E-state index is 12.7. The van der Waals surface area contributed by atoms with Gasteiger partial charge in [-0.25, -0.2) is 4.98 Å². The van der Waals surface area contributed by atoms with Crippen LogP contribution in [-0.2, 0) is 12.8 Å². The Balaban J connectivity index is 1.97. The van der Waals surface area contributed by atoms with E-state index in [0.717, 1.165) is 12.1 Å². The topological polar surface area (TPSA) is 52.3 Å². The third-order valence-electron chi connectivity index (χ3n) is 3.55. The molecule has 128 valence electrons. The molecule has 7 heteroatoms. The van der Waals surface area contributed by atoms with Gasteiger partial charge in [-0.05, 0) is 23.8 Å². The smallest absolute Gasteiger partial charge is 0.416 e. The van der Waals surface area contributed by atoms with E-state index >= 15 is 0 Å². The molecule has 0 spiro atoms. The molecule has 0 aliphatic heterocycles. The lowest BCUT2D eigenvalue weighted by molar-refractivity contribution is -0.137. The van der Waals surface area contributed by atoms with E-state index in [1.165, 1.54) is 24.8 Å². The van der Waals surface area contributed by atoms with Crippen molar-refractivity contribution >= 4 is 6.29 Å². The molecular weight excluding hydrogens is 335 g/mol. The second kappa shape index (κ2) is 6.80. The largest absolute Gasteiger partial charge is 0.486 e. The number of nitrogens with zero attached hydrogens (tertiary/aromatic N) is 1. The first kappa shape index (κ1) is 16.8. The van der Waals surface area contributed by atoms with Crippen molar-refractivity contribution in [2.45, 2.75) is 12.8 Å². The molecule has 2 aromatic carbocycles. The minimum Gasteiger partial charge on any atom is -0.486 e. The van der Waals surface area contributed by atoms with Crippen molar-refractivity contribution in [2.24, 2.45) is 0 Å². The zero-order valence-corrected chi connectivity index (χ0v) is 12.8. The quantitative estimate of drug-likeness (QED) is 0.625. The predicted molar refractivity (Wildman–Crippen MR) is 83.1 cm³/mol. The van der Waals surface area contributed by atoms with E-state index < -0.39 is 11.7 Å². The van der Waals surface area contributed by atoms with E-state index in [-0.39, 0.29) is 6.61 Å². The summed E-state index contributed by atoms with van der Waals surface area (Å²) in [5, 5.41) is 0. The lowest BCUT2D eigenvalue weighted by Crippen LogP contribution is -2.04. The Morgan fingerprint density at radius 3 is 2.48 bits per heavy atom. The molecule has 3 rings (SSSR count). The number of aldehydes is 1. The number of rotatable bonds is 5. The number of oxazole rings is 1. The van der Waals surface area contributed by atoms with Gasteiger partial charge in [0.15, 0.2) is 12.7 Å². The van der Waals surface area contributed by atoms with Crippen LogP contribution in [0.3, 0.4) is 0 Å². The molecule has 0 fully saturated rings. The minimum atomic E-state index is -4.42. The Morgan fingerprint density at radius 1 is 1.12 bits per heavy atom.